The highest BCUT2D eigenvalue weighted by Gasteiger charge is 2.34. The van der Waals surface area contributed by atoms with Gasteiger partial charge in [0.25, 0.3) is 0 Å². The summed E-state index contributed by atoms with van der Waals surface area (Å²) in [4.78, 5) is 3.77. The van der Waals surface area contributed by atoms with Crippen molar-refractivity contribution in [3.8, 4) is 0 Å². The van der Waals surface area contributed by atoms with Crippen molar-refractivity contribution < 1.29 is 13.2 Å². The lowest BCUT2D eigenvalue weighted by Crippen LogP contribution is -2.21. The van der Waals surface area contributed by atoms with Crippen molar-refractivity contribution in [1.29, 1.82) is 0 Å². The Bertz CT molecular complexity index is 410. The summed E-state index contributed by atoms with van der Waals surface area (Å²) in [5.41, 5.74) is 0.325. The fraction of sp³-hybridized carbons (Fsp3) is 0.364. The van der Waals surface area contributed by atoms with Gasteiger partial charge in [0.1, 0.15) is 0 Å². The number of rotatable bonds is 1. The predicted octanol–water partition coefficient (Wildman–Crippen LogP) is 2.48. The van der Waals surface area contributed by atoms with Crippen molar-refractivity contribution in [2.75, 3.05) is 13.1 Å². The van der Waals surface area contributed by atoms with Crippen LogP contribution in [0.15, 0.2) is 24.5 Å². The van der Waals surface area contributed by atoms with E-state index in [1.165, 1.54) is 12.4 Å². The minimum Gasteiger partial charge on any atom is -0.313 e. The highest BCUT2D eigenvalue weighted by Crippen LogP contribution is 2.35. The SMILES string of the molecule is FC(F)(F)c1ccncc1C1=CCNCC1. The summed E-state index contributed by atoms with van der Waals surface area (Å²) in [5.74, 6) is 0. The van der Waals surface area contributed by atoms with E-state index in [0.717, 1.165) is 11.6 Å². The first kappa shape index (κ1) is 11.1. The Morgan fingerprint density at radius 1 is 1.31 bits per heavy atom. The first-order chi connectivity index (χ1) is 7.59. The Morgan fingerprint density at radius 3 is 2.75 bits per heavy atom. The van der Waals surface area contributed by atoms with Crippen LogP contribution in [-0.4, -0.2) is 18.1 Å². The lowest BCUT2D eigenvalue weighted by Gasteiger charge is -2.18. The third kappa shape index (κ3) is 2.24. The molecule has 2 nitrogen and oxygen atoms in total. The van der Waals surface area contributed by atoms with Crippen LogP contribution < -0.4 is 5.32 Å². The van der Waals surface area contributed by atoms with Crippen molar-refractivity contribution >= 4 is 5.57 Å². The average Bonchev–Trinajstić information content (AvgIpc) is 2.29. The Kier molecular flexibility index (Phi) is 2.96. The average molecular weight is 228 g/mol. The van der Waals surface area contributed by atoms with E-state index in [2.05, 4.69) is 10.3 Å². The molecule has 5 heteroatoms. The summed E-state index contributed by atoms with van der Waals surface area (Å²) in [6, 6.07) is 1.03. The van der Waals surface area contributed by atoms with Gasteiger partial charge in [-0.15, -0.1) is 0 Å². The topological polar surface area (TPSA) is 24.9 Å². The molecular weight excluding hydrogens is 217 g/mol. The number of hydrogen-bond acceptors (Lipinski definition) is 2. The Morgan fingerprint density at radius 2 is 2.12 bits per heavy atom. The van der Waals surface area contributed by atoms with Gasteiger partial charge in [-0.05, 0) is 24.6 Å². The largest absolute Gasteiger partial charge is 0.417 e. The van der Waals surface area contributed by atoms with Crippen molar-refractivity contribution in [3.63, 3.8) is 0 Å². The molecule has 0 fully saturated rings. The number of halogens is 3. The first-order valence-electron chi connectivity index (χ1n) is 5.00. The fourth-order valence-electron chi connectivity index (χ4n) is 1.76. The smallest absolute Gasteiger partial charge is 0.313 e. The van der Waals surface area contributed by atoms with Gasteiger partial charge in [-0.1, -0.05) is 6.08 Å². The van der Waals surface area contributed by atoms with Gasteiger partial charge in [0.2, 0.25) is 0 Å². The molecule has 0 aliphatic carbocycles. The number of nitrogens with one attached hydrogen (secondary N) is 1. The van der Waals surface area contributed by atoms with Crippen molar-refractivity contribution in [2.45, 2.75) is 12.6 Å². The Labute approximate surface area is 91.2 Å². The summed E-state index contributed by atoms with van der Waals surface area (Å²) in [5, 5.41) is 3.06. The van der Waals surface area contributed by atoms with Crippen molar-refractivity contribution in [1.82, 2.24) is 10.3 Å². The second-order valence-corrected chi connectivity index (χ2v) is 3.60. The molecule has 0 atom stereocenters. The Balaban J connectivity index is 2.44. The van der Waals surface area contributed by atoms with E-state index < -0.39 is 11.7 Å². The van der Waals surface area contributed by atoms with E-state index in [1.54, 1.807) is 6.08 Å². The standard InChI is InChI=1S/C11H11F3N2/c12-11(13,14)10-3-6-16-7-9(10)8-1-4-15-5-2-8/h1,3,6-7,15H,2,4-5H2. The van der Waals surface area contributed by atoms with Crippen molar-refractivity contribution in [3.05, 3.63) is 35.7 Å². The van der Waals surface area contributed by atoms with Crippen LogP contribution in [0.25, 0.3) is 5.57 Å². The molecule has 1 aliphatic heterocycles. The third-order valence-corrected chi connectivity index (χ3v) is 2.54. The van der Waals surface area contributed by atoms with Crippen LogP contribution >= 0.6 is 0 Å². The van der Waals surface area contributed by atoms with Crippen LogP contribution in [0, 0.1) is 0 Å². The van der Waals surface area contributed by atoms with Crippen molar-refractivity contribution in [2.24, 2.45) is 0 Å². The molecule has 1 aliphatic rings. The van der Waals surface area contributed by atoms with Crippen LogP contribution in [-0.2, 0) is 6.18 Å². The van der Waals surface area contributed by atoms with Gasteiger partial charge in [0.15, 0.2) is 0 Å². The van der Waals surface area contributed by atoms with Crippen LogP contribution in [0.5, 0.6) is 0 Å². The maximum Gasteiger partial charge on any atom is 0.417 e. The monoisotopic (exact) mass is 228 g/mol. The highest BCUT2D eigenvalue weighted by atomic mass is 19.4. The summed E-state index contributed by atoms with van der Waals surface area (Å²) >= 11 is 0. The highest BCUT2D eigenvalue weighted by molar-refractivity contribution is 5.69. The van der Waals surface area contributed by atoms with Gasteiger partial charge in [-0.2, -0.15) is 13.2 Å². The first-order valence-corrected chi connectivity index (χ1v) is 5.00. The van der Waals surface area contributed by atoms with E-state index in [0.29, 0.717) is 19.5 Å². The molecule has 86 valence electrons. The number of nitrogens with zero attached hydrogens (tertiary/aromatic N) is 1. The molecule has 0 unspecified atom stereocenters. The van der Waals surface area contributed by atoms with E-state index in [9.17, 15) is 13.2 Å². The molecule has 2 rings (SSSR count). The maximum absolute atomic E-state index is 12.7. The van der Waals surface area contributed by atoms with E-state index >= 15 is 0 Å². The van der Waals surface area contributed by atoms with Gasteiger partial charge < -0.3 is 5.32 Å². The molecule has 1 aromatic rings. The Hall–Kier alpha value is -1.36. The van der Waals surface area contributed by atoms with Gasteiger partial charge in [-0.3, -0.25) is 4.98 Å². The minimum atomic E-state index is -4.32. The normalized spacial score (nSPS) is 17.1. The number of aromatic nitrogens is 1. The molecule has 1 N–H and O–H groups in total. The number of alkyl halides is 3. The lowest BCUT2D eigenvalue weighted by molar-refractivity contribution is -0.137. The summed E-state index contributed by atoms with van der Waals surface area (Å²) < 4.78 is 38.2. The molecule has 0 saturated heterocycles. The summed E-state index contributed by atoms with van der Waals surface area (Å²) in [6.07, 6.45) is 0.544. The lowest BCUT2D eigenvalue weighted by atomic mass is 9.97. The van der Waals surface area contributed by atoms with Gasteiger partial charge in [0, 0.05) is 24.5 Å². The zero-order valence-corrected chi connectivity index (χ0v) is 8.51. The zero-order valence-electron chi connectivity index (χ0n) is 8.51. The van der Waals surface area contributed by atoms with Gasteiger partial charge in [0.05, 0.1) is 5.56 Å². The van der Waals surface area contributed by atoms with Crippen LogP contribution in [0.3, 0.4) is 0 Å². The fourth-order valence-corrected chi connectivity index (χ4v) is 1.76. The molecule has 0 aromatic carbocycles. The maximum atomic E-state index is 12.7. The third-order valence-electron chi connectivity index (χ3n) is 2.54. The van der Waals surface area contributed by atoms with E-state index in [1.807, 2.05) is 0 Å². The molecule has 0 saturated carbocycles. The molecule has 1 aromatic heterocycles. The van der Waals surface area contributed by atoms with Crippen LogP contribution in [0.4, 0.5) is 13.2 Å². The second-order valence-electron chi connectivity index (χ2n) is 3.60. The van der Waals surface area contributed by atoms with Crippen LogP contribution in [0.1, 0.15) is 17.5 Å². The van der Waals surface area contributed by atoms with Crippen LogP contribution in [0.2, 0.25) is 0 Å². The van der Waals surface area contributed by atoms with Gasteiger partial charge in [-0.25, -0.2) is 0 Å². The van der Waals surface area contributed by atoms with E-state index in [4.69, 9.17) is 0 Å². The molecule has 0 amide bonds. The summed E-state index contributed by atoms with van der Waals surface area (Å²) in [7, 11) is 0. The number of pyridine rings is 1. The molecular formula is C11H11F3N2. The quantitative estimate of drug-likeness (QED) is 0.798. The molecule has 16 heavy (non-hydrogen) atoms. The zero-order chi connectivity index (χ0) is 11.6. The molecule has 0 radical (unpaired) electrons. The minimum absolute atomic E-state index is 0.205. The van der Waals surface area contributed by atoms with E-state index in [-0.39, 0.29) is 5.56 Å². The molecule has 0 bridgehead atoms. The second kappa shape index (κ2) is 4.25. The summed E-state index contributed by atoms with van der Waals surface area (Å²) in [6.45, 7) is 1.32. The molecule has 2 heterocycles. The molecule has 0 spiro atoms. The van der Waals surface area contributed by atoms with Gasteiger partial charge >= 0.3 is 6.18 Å². The number of hydrogen-bond donors (Lipinski definition) is 1. The predicted molar refractivity (Wildman–Crippen MR) is 54.7 cm³/mol.